The van der Waals surface area contributed by atoms with E-state index in [1.54, 1.807) is 32.2 Å². The summed E-state index contributed by atoms with van der Waals surface area (Å²) in [5, 5.41) is 4.16. The third-order valence-corrected chi connectivity index (χ3v) is 5.19. The average molecular weight is 440 g/mol. The summed E-state index contributed by atoms with van der Waals surface area (Å²) in [4.78, 5) is 12.4. The van der Waals surface area contributed by atoms with Gasteiger partial charge in [-0.25, -0.2) is 0 Å². The van der Waals surface area contributed by atoms with Gasteiger partial charge in [-0.2, -0.15) is 0 Å². The fraction of sp³-hybridized carbons (Fsp3) is 0.300. The molecule has 1 aliphatic rings. The minimum absolute atomic E-state index is 0.0131. The van der Waals surface area contributed by atoms with Crippen molar-refractivity contribution in [1.82, 2.24) is 0 Å². The molecule has 3 rings (SSSR count). The number of nitrogens with one attached hydrogen (secondary N) is 1. The molecule has 28 heavy (non-hydrogen) atoms. The minimum atomic E-state index is -0.686. The lowest BCUT2D eigenvalue weighted by Gasteiger charge is -2.24. The van der Waals surface area contributed by atoms with Gasteiger partial charge in [-0.05, 0) is 31.2 Å². The molecule has 0 aliphatic carbocycles. The molecule has 0 bridgehead atoms. The largest absolute Gasteiger partial charge is 0.495 e. The SMILES string of the molecule is CCOC(=O)C[C@H]1O[C@H](c2cccc(Cl)c2OC)c2cc(Cl)ccc2NC1=S. The highest BCUT2D eigenvalue weighted by molar-refractivity contribution is 7.80. The normalized spacial score (nSPS) is 18.6. The number of methoxy groups -OCH3 is 1. The molecule has 2 atom stereocenters. The van der Waals surface area contributed by atoms with E-state index in [0.29, 0.717) is 26.3 Å². The van der Waals surface area contributed by atoms with Crippen LogP contribution in [-0.2, 0) is 14.3 Å². The van der Waals surface area contributed by atoms with E-state index in [1.807, 2.05) is 18.2 Å². The first-order valence-corrected chi connectivity index (χ1v) is 9.84. The molecule has 0 amide bonds. The van der Waals surface area contributed by atoms with Gasteiger partial charge in [0.15, 0.2) is 0 Å². The highest BCUT2D eigenvalue weighted by atomic mass is 35.5. The number of anilines is 1. The van der Waals surface area contributed by atoms with Gasteiger partial charge in [-0.1, -0.05) is 47.6 Å². The molecule has 0 saturated heterocycles. The monoisotopic (exact) mass is 439 g/mol. The fourth-order valence-electron chi connectivity index (χ4n) is 3.08. The number of esters is 1. The summed E-state index contributed by atoms with van der Waals surface area (Å²) in [5.41, 5.74) is 2.22. The summed E-state index contributed by atoms with van der Waals surface area (Å²) in [6.07, 6.45) is -1.30. The van der Waals surface area contributed by atoms with Crippen molar-refractivity contribution in [3.05, 3.63) is 57.6 Å². The molecule has 0 saturated carbocycles. The van der Waals surface area contributed by atoms with Crippen LogP contribution in [0.5, 0.6) is 5.75 Å². The Morgan fingerprint density at radius 1 is 1.25 bits per heavy atom. The molecule has 8 heteroatoms. The lowest BCUT2D eigenvalue weighted by Crippen LogP contribution is -2.31. The second kappa shape index (κ2) is 9.09. The van der Waals surface area contributed by atoms with Gasteiger partial charge in [0.25, 0.3) is 0 Å². The van der Waals surface area contributed by atoms with Gasteiger partial charge >= 0.3 is 5.97 Å². The molecule has 2 aromatic carbocycles. The van der Waals surface area contributed by atoms with Crippen molar-refractivity contribution in [1.29, 1.82) is 0 Å². The maximum Gasteiger partial charge on any atom is 0.308 e. The van der Waals surface area contributed by atoms with Gasteiger partial charge in [0.1, 0.15) is 22.9 Å². The molecular weight excluding hydrogens is 421 g/mol. The van der Waals surface area contributed by atoms with Crippen LogP contribution in [0.3, 0.4) is 0 Å². The third-order valence-electron chi connectivity index (χ3n) is 4.29. The number of benzene rings is 2. The molecule has 148 valence electrons. The summed E-state index contributed by atoms with van der Waals surface area (Å²) in [6.45, 7) is 2.03. The molecule has 2 aromatic rings. The van der Waals surface area contributed by atoms with Crippen molar-refractivity contribution in [2.24, 2.45) is 0 Å². The highest BCUT2D eigenvalue weighted by Crippen LogP contribution is 2.43. The molecule has 1 N–H and O–H groups in total. The molecule has 0 unspecified atom stereocenters. The quantitative estimate of drug-likeness (QED) is 0.511. The van der Waals surface area contributed by atoms with Crippen LogP contribution in [-0.4, -0.2) is 30.8 Å². The van der Waals surface area contributed by atoms with Crippen LogP contribution in [0.2, 0.25) is 10.0 Å². The Morgan fingerprint density at radius 3 is 2.75 bits per heavy atom. The summed E-state index contributed by atoms with van der Waals surface area (Å²) in [7, 11) is 1.54. The smallest absolute Gasteiger partial charge is 0.308 e. The Hall–Kier alpha value is -1.86. The van der Waals surface area contributed by atoms with E-state index < -0.39 is 18.2 Å². The maximum absolute atomic E-state index is 12.1. The summed E-state index contributed by atoms with van der Waals surface area (Å²) >= 11 is 18.0. The molecule has 0 spiro atoms. The van der Waals surface area contributed by atoms with Gasteiger partial charge in [0.2, 0.25) is 0 Å². The van der Waals surface area contributed by atoms with Gasteiger partial charge in [0.05, 0.1) is 25.2 Å². The molecule has 0 radical (unpaired) electrons. The third kappa shape index (κ3) is 4.41. The van der Waals surface area contributed by atoms with Crippen molar-refractivity contribution in [2.45, 2.75) is 25.6 Å². The van der Waals surface area contributed by atoms with E-state index in [-0.39, 0.29) is 13.0 Å². The fourth-order valence-corrected chi connectivity index (χ4v) is 3.77. The van der Waals surface area contributed by atoms with E-state index in [9.17, 15) is 4.79 Å². The van der Waals surface area contributed by atoms with Crippen molar-refractivity contribution in [3.8, 4) is 5.75 Å². The molecule has 5 nitrogen and oxygen atoms in total. The van der Waals surface area contributed by atoms with Crippen molar-refractivity contribution >= 4 is 52.1 Å². The number of ether oxygens (including phenoxy) is 3. The number of hydrogen-bond acceptors (Lipinski definition) is 5. The second-order valence-electron chi connectivity index (χ2n) is 6.10. The zero-order chi connectivity index (χ0) is 20.3. The molecule has 1 heterocycles. The standard InChI is InChI=1S/C20H19Cl2NO4S/c1-3-26-17(24)10-16-20(28)23-15-8-7-11(21)9-13(15)18(27-16)12-5-4-6-14(22)19(12)25-2/h4-9,16,18H,3,10H2,1-2H3,(H,23,28)/t16-,18-/m1/s1. The van der Waals surface area contributed by atoms with Crippen LogP contribution in [0.1, 0.15) is 30.6 Å². The van der Waals surface area contributed by atoms with E-state index in [0.717, 1.165) is 11.3 Å². The van der Waals surface area contributed by atoms with Crippen LogP contribution in [0.15, 0.2) is 36.4 Å². The first-order chi connectivity index (χ1) is 13.4. The molecule has 1 aliphatic heterocycles. The minimum Gasteiger partial charge on any atom is -0.495 e. The summed E-state index contributed by atoms with van der Waals surface area (Å²) < 4.78 is 16.9. The zero-order valence-corrected chi connectivity index (χ0v) is 17.7. The van der Waals surface area contributed by atoms with Crippen LogP contribution in [0.4, 0.5) is 5.69 Å². The maximum atomic E-state index is 12.1. The Kier molecular flexibility index (Phi) is 6.78. The van der Waals surface area contributed by atoms with Crippen LogP contribution >= 0.6 is 35.4 Å². The van der Waals surface area contributed by atoms with Crippen molar-refractivity contribution in [3.63, 3.8) is 0 Å². The van der Waals surface area contributed by atoms with Crippen molar-refractivity contribution in [2.75, 3.05) is 19.0 Å². The van der Waals surface area contributed by atoms with Crippen LogP contribution in [0, 0.1) is 0 Å². The number of para-hydroxylation sites is 1. The number of carbonyl (C=O) groups excluding carboxylic acids is 1. The Labute approximate surface area is 178 Å². The average Bonchev–Trinajstić information content (AvgIpc) is 2.78. The van der Waals surface area contributed by atoms with E-state index >= 15 is 0 Å². The Bertz CT molecular complexity index is 906. The Balaban J connectivity index is 2.09. The van der Waals surface area contributed by atoms with Gasteiger partial charge in [-0.15, -0.1) is 0 Å². The predicted octanol–water partition coefficient (Wildman–Crippen LogP) is 5.18. The number of carbonyl (C=O) groups is 1. The molecule has 0 fully saturated rings. The number of fused-ring (bicyclic) bond motifs is 1. The lowest BCUT2D eigenvalue weighted by molar-refractivity contribution is -0.145. The van der Waals surface area contributed by atoms with Crippen molar-refractivity contribution < 1.29 is 19.0 Å². The molecular formula is C20H19Cl2NO4S. The first-order valence-electron chi connectivity index (χ1n) is 8.68. The first kappa shape index (κ1) is 20.9. The van der Waals surface area contributed by atoms with E-state index in [1.165, 1.54) is 0 Å². The zero-order valence-electron chi connectivity index (χ0n) is 15.3. The van der Waals surface area contributed by atoms with Gasteiger partial charge in [-0.3, -0.25) is 4.79 Å². The number of rotatable bonds is 5. The highest BCUT2D eigenvalue weighted by Gasteiger charge is 2.33. The summed E-state index contributed by atoms with van der Waals surface area (Å²) in [6, 6.07) is 10.8. The van der Waals surface area contributed by atoms with Gasteiger partial charge < -0.3 is 19.5 Å². The van der Waals surface area contributed by atoms with Crippen LogP contribution in [0.25, 0.3) is 0 Å². The second-order valence-corrected chi connectivity index (χ2v) is 7.38. The summed E-state index contributed by atoms with van der Waals surface area (Å²) in [5.74, 6) is 0.0974. The van der Waals surface area contributed by atoms with E-state index in [2.05, 4.69) is 5.32 Å². The Morgan fingerprint density at radius 2 is 2.04 bits per heavy atom. The molecule has 0 aromatic heterocycles. The number of hydrogen-bond donors (Lipinski definition) is 1. The van der Waals surface area contributed by atoms with Gasteiger partial charge in [0, 0.05) is 21.8 Å². The van der Waals surface area contributed by atoms with Crippen LogP contribution < -0.4 is 10.1 Å². The topological polar surface area (TPSA) is 56.8 Å². The lowest BCUT2D eigenvalue weighted by atomic mass is 9.98. The predicted molar refractivity (Wildman–Crippen MR) is 114 cm³/mol. The number of halogens is 2. The number of thiocarbonyl (C=S) groups is 1. The van der Waals surface area contributed by atoms with E-state index in [4.69, 9.17) is 49.6 Å².